The molecule has 0 unspecified atom stereocenters. The molecule has 0 saturated carbocycles. The lowest BCUT2D eigenvalue weighted by Gasteiger charge is -2.12. The number of amides is 1. The van der Waals surface area contributed by atoms with Crippen molar-refractivity contribution >= 4 is 34.2 Å². The first kappa shape index (κ1) is 21.6. The van der Waals surface area contributed by atoms with Crippen molar-refractivity contribution in [2.24, 2.45) is 0 Å². The molecular formula is C25H22ClN3O3. The molecule has 0 saturated heterocycles. The average Bonchev–Trinajstić information content (AvgIpc) is 2.79. The van der Waals surface area contributed by atoms with Crippen molar-refractivity contribution in [3.63, 3.8) is 0 Å². The number of hydrogen-bond acceptors (Lipinski definition) is 5. The molecular weight excluding hydrogens is 426 g/mol. The van der Waals surface area contributed by atoms with Gasteiger partial charge in [0.2, 0.25) is 0 Å². The minimum Gasteiger partial charge on any atom is -0.497 e. The fourth-order valence-electron chi connectivity index (χ4n) is 3.53. The van der Waals surface area contributed by atoms with Gasteiger partial charge < -0.3 is 14.8 Å². The van der Waals surface area contributed by atoms with Crippen LogP contribution in [0.5, 0.6) is 11.5 Å². The molecule has 3 aromatic carbocycles. The second-order valence-electron chi connectivity index (χ2n) is 7.45. The number of benzene rings is 3. The van der Waals surface area contributed by atoms with E-state index >= 15 is 0 Å². The van der Waals surface area contributed by atoms with E-state index in [1.807, 2.05) is 19.9 Å². The molecule has 1 amide bonds. The van der Waals surface area contributed by atoms with Crippen LogP contribution in [0.4, 0.5) is 5.69 Å². The monoisotopic (exact) mass is 447 g/mol. The van der Waals surface area contributed by atoms with Crippen molar-refractivity contribution in [2.45, 2.75) is 13.8 Å². The van der Waals surface area contributed by atoms with Crippen LogP contribution < -0.4 is 14.8 Å². The van der Waals surface area contributed by atoms with Crippen LogP contribution in [0.1, 0.15) is 21.5 Å². The van der Waals surface area contributed by atoms with E-state index < -0.39 is 0 Å². The number of rotatable bonds is 5. The summed E-state index contributed by atoms with van der Waals surface area (Å²) in [6, 6.07) is 14.3. The van der Waals surface area contributed by atoms with Crippen molar-refractivity contribution in [1.82, 2.24) is 9.97 Å². The van der Waals surface area contributed by atoms with Gasteiger partial charge in [0.25, 0.3) is 5.91 Å². The molecule has 7 heteroatoms. The highest BCUT2D eigenvalue weighted by Gasteiger charge is 2.14. The number of nitrogens with zero attached hydrogens (tertiary/aromatic N) is 2. The number of aryl methyl sites for hydroxylation is 2. The molecule has 0 fully saturated rings. The van der Waals surface area contributed by atoms with Crippen LogP contribution in [-0.2, 0) is 0 Å². The maximum Gasteiger partial charge on any atom is 0.255 e. The molecule has 6 nitrogen and oxygen atoms in total. The molecule has 4 rings (SSSR count). The van der Waals surface area contributed by atoms with Crippen molar-refractivity contribution < 1.29 is 14.3 Å². The summed E-state index contributed by atoms with van der Waals surface area (Å²) in [6.07, 6.45) is 1.70. The van der Waals surface area contributed by atoms with Gasteiger partial charge in [-0.2, -0.15) is 0 Å². The Labute approximate surface area is 191 Å². The highest BCUT2D eigenvalue weighted by atomic mass is 35.5. The molecule has 0 aliphatic carbocycles. The van der Waals surface area contributed by atoms with Gasteiger partial charge in [0.1, 0.15) is 11.5 Å². The van der Waals surface area contributed by atoms with E-state index in [4.69, 9.17) is 26.1 Å². The fourth-order valence-corrected chi connectivity index (χ4v) is 3.75. The van der Waals surface area contributed by atoms with Gasteiger partial charge in [-0.05, 0) is 61.4 Å². The SMILES string of the molecule is COc1cc(OC)cc(C(=O)Nc2ccc(Cl)c(-c3cnc4cc(C)cc(C)c4n3)c2)c1. The third kappa shape index (κ3) is 4.36. The van der Waals surface area contributed by atoms with Crippen molar-refractivity contribution in [1.29, 1.82) is 0 Å². The van der Waals surface area contributed by atoms with Gasteiger partial charge >= 0.3 is 0 Å². The molecule has 0 aliphatic rings. The molecule has 0 aliphatic heterocycles. The molecule has 1 heterocycles. The number of methoxy groups -OCH3 is 2. The van der Waals surface area contributed by atoms with Crippen LogP contribution in [0.2, 0.25) is 5.02 Å². The summed E-state index contributed by atoms with van der Waals surface area (Å²) in [6.45, 7) is 4.04. The molecule has 4 aromatic rings. The predicted octanol–water partition coefficient (Wildman–Crippen LogP) is 5.84. The topological polar surface area (TPSA) is 73.3 Å². The number of fused-ring (bicyclic) bond motifs is 1. The van der Waals surface area contributed by atoms with Gasteiger partial charge in [0.15, 0.2) is 0 Å². The van der Waals surface area contributed by atoms with E-state index in [1.54, 1.807) is 42.6 Å². The van der Waals surface area contributed by atoms with Gasteiger partial charge in [-0.1, -0.05) is 17.7 Å². The smallest absolute Gasteiger partial charge is 0.255 e. The zero-order valence-electron chi connectivity index (χ0n) is 18.2. The summed E-state index contributed by atoms with van der Waals surface area (Å²) in [5.41, 5.74) is 6.14. The molecule has 32 heavy (non-hydrogen) atoms. The number of anilines is 1. The lowest BCUT2D eigenvalue weighted by atomic mass is 10.1. The Morgan fingerprint density at radius 3 is 2.38 bits per heavy atom. The number of carbonyl (C=O) groups excluding carboxylic acids is 1. The molecule has 1 N–H and O–H groups in total. The van der Waals surface area contributed by atoms with Gasteiger partial charge in [-0.25, -0.2) is 4.98 Å². The summed E-state index contributed by atoms with van der Waals surface area (Å²) in [5.74, 6) is 0.762. The number of carbonyl (C=O) groups is 1. The Kier molecular flexibility index (Phi) is 5.97. The summed E-state index contributed by atoms with van der Waals surface area (Å²) >= 11 is 6.47. The van der Waals surface area contributed by atoms with Gasteiger partial charge in [-0.3, -0.25) is 9.78 Å². The van der Waals surface area contributed by atoms with Gasteiger partial charge in [-0.15, -0.1) is 0 Å². The lowest BCUT2D eigenvalue weighted by molar-refractivity contribution is 0.102. The van der Waals surface area contributed by atoms with Crippen LogP contribution in [0, 0.1) is 13.8 Å². The maximum absolute atomic E-state index is 12.9. The number of hydrogen-bond donors (Lipinski definition) is 1. The van der Waals surface area contributed by atoms with E-state index in [0.29, 0.717) is 39.0 Å². The van der Waals surface area contributed by atoms with Crippen LogP contribution in [0.25, 0.3) is 22.3 Å². The second-order valence-corrected chi connectivity index (χ2v) is 7.86. The quantitative estimate of drug-likeness (QED) is 0.416. The van der Waals surface area contributed by atoms with E-state index in [-0.39, 0.29) is 5.91 Å². The maximum atomic E-state index is 12.9. The summed E-state index contributed by atoms with van der Waals surface area (Å²) in [4.78, 5) is 22.2. The summed E-state index contributed by atoms with van der Waals surface area (Å²) in [7, 11) is 3.07. The van der Waals surface area contributed by atoms with Crippen LogP contribution in [0.15, 0.2) is 54.7 Å². The Balaban J connectivity index is 1.68. The van der Waals surface area contributed by atoms with Crippen molar-refractivity contribution in [2.75, 3.05) is 19.5 Å². The minimum atomic E-state index is -0.300. The third-order valence-corrected chi connectivity index (χ3v) is 5.43. The summed E-state index contributed by atoms with van der Waals surface area (Å²) in [5, 5.41) is 3.42. The first-order valence-corrected chi connectivity index (χ1v) is 10.3. The predicted molar refractivity (Wildman–Crippen MR) is 127 cm³/mol. The Hall–Kier alpha value is -3.64. The second kappa shape index (κ2) is 8.85. The van der Waals surface area contributed by atoms with E-state index in [2.05, 4.69) is 16.4 Å². The number of nitrogens with one attached hydrogen (secondary N) is 1. The van der Waals surface area contributed by atoms with Gasteiger partial charge in [0.05, 0.1) is 42.2 Å². The third-order valence-electron chi connectivity index (χ3n) is 5.10. The zero-order valence-corrected chi connectivity index (χ0v) is 18.9. The molecule has 0 bridgehead atoms. The van der Waals surface area contributed by atoms with Crippen molar-refractivity contribution in [3.8, 4) is 22.8 Å². The number of aromatic nitrogens is 2. The zero-order chi connectivity index (χ0) is 22.8. The minimum absolute atomic E-state index is 0.300. The first-order valence-electron chi connectivity index (χ1n) is 9.96. The lowest BCUT2D eigenvalue weighted by Crippen LogP contribution is -2.12. The molecule has 1 aromatic heterocycles. The van der Waals surface area contributed by atoms with Crippen LogP contribution in [0.3, 0.4) is 0 Å². The van der Waals surface area contributed by atoms with Gasteiger partial charge in [0, 0.05) is 22.9 Å². The Morgan fingerprint density at radius 2 is 1.69 bits per heavy atom. The van der Waals surface area contributed by atoms with Crippen LogP contribution in [-0.4, -0.2) is 30.1 Å². The number of ether oxygens (including phenoxy) is 2. The highest BCUT2D eigenvalue weighted by Crippen LogP contribution is 2.31. The van der Waals surface area contributed by atoms with Crippen LogP contribution >= 0.6 is 11.6 Å². The Morgan fingerprint density at radius 1 is 0.969 bits per heavy atom. The fraction of sp³-hybridized carbons (Fsp3) is 0.160. The first-order chi connectivity index (χ1) is 15.4. The van der Waals surface area contributed by atoms with Crippen molar-refractivity contribution in [3.05, 3.63) is 76.4 Å². The Bertz CT molecular complexity index is 1320. The average molecular weight is 448 g/mol. The standard InChI is InChI=1S/C25H22ClN3O3/c1-14-7-15(2)24-22(8-14)27-13-23(29-24)20-11-17(5-6-21(20)26)28-25(30)16-9-18(31-3)12-19(10-16)32-4/h5-13H,1-4H3,(H,28,30). The number of halogens is 1. The van der Waals surface area contributed by atoms with E-state index in [1.165, 1.54) is 14.2 Å². The molecule has 0 spiro atoms. The molecule has 0 atom stereocenters. The molecule has 162 valence electrons. The molecule has 0 radical (unpaired) electrons. The summed E-state index contributed by atoms with van der Waals surface area (Å²) < 4.78 is 10.5. The largest absolute Gasteiger partial charge is 0.497 e. The van der Waals surface area contributed by atoms with E-state index in [9.17, 15) is 4.79 Å². The van der Waals surface area contributed by atoms with E-state index in [0.717, 1.165) is 22.2 Å². The highest BCUT2D eigenvalue weighted by molar-refractivity contribution is 6.33. The normalized spacial score (nSPS) is 10.8.